The number of terminal acetylenes is 1. The largest absolute Gasteiger partial charge is 0.351 e. The van der Waals surface area contributed by atoms with E-state index >= 15 is 0 Å². The van der Waals surface area contributed by atoms with Gasteiger partial charge < -0.3 is 20.9 Å². The maximum Gasteiger partial charge on any atom is 0.289 e. The van der Waals surface area contributed by atoms with Crippen molar-refractivity contribution < 1.29 is 33.6 Å². The minimum atomic E-state index is -1.18. The maximum atomic E-state index is 14.5. The van der Waals surface area contributed by atoms with E-state index in [2.05, 4.69) is 28.4 Å². The molecule has 3 N–H and O–H groups in total. The van der Waals surface area contributed by atoms with Gasteiger partial charge in [0.1, 0.15) is 6.04 Å². The molecule has 2 heterocycles. The lowest BCUT2D eigenvalue weighted by molar-refractivity contribution is -0.154. The molecular weight excluding hydrogens is 650 g/mol. The number of hydrogen-bond acceptors (Lipinski definition) is 7. The van der Waals surface area contributed by atoms with Gasteiger partial charge in [-0.25, -0.2) is 0 Å². The molecule has 3 aliphatic rings. The van der Waals surface area contributed by atoms with E-state index in [0.29, 0.717) is 6.54 Å². The van der Waals surface area contributed by atoms with Crippen LogP contribution in [0.15, 0.2) is 12.7 Å². The van der Waals surface area contributed by atoms with E-state index in [9.17, 15) is 33.6 Å². The van der Waals surface area contributed by atoms with Crippen LogP contribution in [0.5, 0.6) is 0 Å². The smallest absolute Gasteiger partial charge is 0.289 e. The SMILES string of the molecule is C#CCCC(NC(=O)[C@@H]1[C@@H]2[C@H](CN1C(=O)[C@@H](CC(=O)N[C@H](CN1C(=O)CC(C)(C)CC1=O)C(C)(C)C)C(C)(C)C)C2(C)C)C(=O)C(=O)NCC=C. The Morgan fingerprint density at radius 3 is 2.08 bits per heavy atom. The van der Waals surface area contributed by atoms with Crippen LogP contribution in [0.4, 0.5) is 0 Å². The van der Waals surface area contributed by atoms with Gasteiger partial charge in [-0.3, -0.25) is 38.5 Å². The molecule has 2 aliphatic heterocycles. The van der Waals surface area contributed by atoms with Crippen molar-refractivity contribution in [1.29, 1.82) is 0 Å². The fourth-order valence-electron chi connectivity index (χ4n) is 7.51. The minimum absolute atomic E-state index is 0.0229. The number of ketones is 1. The zero-order valence-corrected chi connectivity index (χ0v) is 32.2. The summed E-state index contributed by atoms with van der Waals surface area (Å²) < 4.78 is 0. The van der Waals surface area contributed by atoms with E-state index in [1.165, 1.54) is 15.9 Å². The summed E-state index contributed by atoms with van der Waals surface area (Å²) in [5.74, 6) is -2.07. The Balaban J connectivity index is 1.83. The number of carbonyl (C=O) groups is 7. The first-order valence-electron chi connectivity index (χ1n) is 18.0. The van der Waals surface area contributed by atoms with Crippen LogP contribution in [-0.2, 0) is 33.6 Å². The van der Waals surface area contributed by atoms with Crippen molar-refractivity contribution >= 4 is 41.2 Å². The quantitative estimate of drug-likeness (QED) is 0.108. The van der Waals surface area contributed by atoms with Gasteiger partial charge >= 0.3 is 0 Å². The van der Waals surface area contributed by atoms with Gasteiger partial charge in [-0.05, 0) is 39.9 Å². The number of rotatable bonds is 14. The summed E-state index contributed by atoms with van der Waals surface area (Å²) in [6.07, 6.45) is 7.35. The predicted molar refractivity (Wildman–Crippen MR) is 193 cm³/mol. The zero-order valence-electron chi connectivity index (χ0n) is 32.2. The highest BCUT2D eigenvalue weighted by atomic mass is 16.2. The molecule has 0 aromatic heterocycles. The third-order valence-corrected chi connectivity index (χ3v) is 10.9. The fourth-order valence-corrected chi connectivity index (χ4v) is 7.51. The molecule has 3 rings (SSSR count). The van der Waals surface area contributed by atoms with Gasteiger partial charge in [0.2, 0.25) is 35.3 Å². The third kappa shape index (κ3) is 9.66. The second-order valence-corrected chi connectivity index (χ2v) is 18.1. The summed E-state index contributed by atoms with van der Waals surface area (Å²) in [6, 6.07) is -2.67. The van der Waals surface area contributed by atoms with Crippen LogP contribution in [0.3, 0.4) is 0 Å². The number of amides is 6. The molecule has 282 valence electrons. The molecule has 2 saturated heterocycles. The molecule has 51 heavy (non-hydrogen) atoms. The van der Waals surface area contributed by atoms with Crippen molar-refractivity contribution in [2.24, 2.45) is 39.4 Å². The summed E-state index contributed by atoms with van der Waals surface area (Å²) in [5.41, 5.74) is -1.87. The van der Waals surface area contributed by atoms with Crippen LogP contribution >= 0.6 is 0 Å². The summed E-state index contributed by atoms with van der Waals surface area (Å²) in [7, 11) is 0. The molecule has 0 aromatic rings. The van der Waals surface area contributed by atoms with Crippen molar-refractivity contribution in [2.75, 3.05) is 19.6 Å². The topological polar surface area (TPSA) is 162 Å². The first-order valence-corrected chi connectivity index (χ1v) is 18.0. The number of likely N-dealkylation sites (tertiary alicyclic amines) is 2. The molecule has 0 spiro atoms. The van der Waals surface area contributed by atoms with Gasteiger partial charge in [0.15, 0.2) is 0 Å². The number of nitrogens with zero attached hydrogens (tertiary/aromatic N) is 2. The number of carbonyl (C=O) groups excluding carboxylic acids is 7. The number of hydrogen-bond donors (Lipinski definition) is 3. The Hall–Kier alpha value is -4.01. The molecule has 0 radical (unpaired) electrons. The number of Topliss-reactive ketones (excluding diaryl/α,β-unsaturated/α-hetero) is 1. The number of piperidine rings is 2. The average Bonchev–Trinajstić information content (AvgIpc) is 3.31. The minimum Gasteiger partial charge on any atom is -0.351 e. The van der Waals surface area contributed by atoms with Gasteiger partial charge in [-0.15, -0.1) is 18.9 Å². The third-order valence-electron chi connectivity index (χ3n) is 10.9. The Bertz CT molecular complexity index is 1460. The van der Waals surface area contributed by atoms with E-state index < -0.39 is 63.8 Å². The Morgan fingerprint density at radius 2 is 1.57 bits per heavy atom. The van der Waals surface area contributed by atoms with Gasteiger partial charge in [-0.2, -0.15) is 0 Å². The van der Waals surface area contributed by atoms with E-state index in [1.54, 1.807) is 0 Å². The van der Waals surface area contributed by atoms with Crippen LogP contribution < -0.4 is 16.0 Å². The normalized spacial score (nSPS) is 24.0. The van der Waals surface area contributed by atoms with Crippen molar-refractivity contribution in [1.82, 2.24) is 25.8 Å². The van der Waals surface area contributed by atoms with Crippen molar-refractivity contribution in [3.8, 4) is 12.3 Å². The zero-order chi connectivity index (χ0) is 38.9. The Labute approximate surface area is 303 Å². The average molecular weight is 710 g/mol. The number of imide groups is 1. The van der Waals surface area contributed by atoms with E-state index in [-0.39, 0.29) is 80.2 Å². The Morgan fingerprint density at radius 1 is 0.980 bits per heavy atom. The van der Waals surface area contributed by atoms with Crippen molar-refractivity contribution in [3.05, 3.63) is 12.7 Å². The van der Waals surface area contributed by atoms with Crippen LogP contribution in [0.25, 0.3) is 0 Å². The second kappa shape index (κ2) is 15.3. The summed E-state index contributed by atoms with van der Waals surface area (Å²) in [4.78, 5) is 96.6. The maximum absolute atomic E-state index is 14.5. The number of nitrogens with one attached hydrogen (secondary N) is 3. The molecule has 1 saturated carbocycles. The number of fused-ring (bicyclic) bond motifs is 1. The first kappa shape index (κ1) is 41.4. The van der Waals surface area contributed by atoms with Gasteiger partial charge in [-0.1, -0.05) is 75.3 Å². The monoisotopic (exact) mass is 709 g/mol. The molecule has 0 bridgehead atoms. The lowest BCUT2D eigenvalue weighted by atomic mass is 9.77. The van der Waals surface area contributed by atoms with E-state index in [0.717, 1.165) is 0 Å². The lowest BCUT2D eigenvalue weighted by Crippen LogP contribution is -2.57. The molecule has 12 heteroatoms. The Kier molecular flexibility index (Phi) is 12.4. The standard InChI is InChI=1S/C39H59N5O7/c1-13-15-16-25(32(48)34(50)40-17-14-2)41-33(49)31-30-24(39(30,11)12)21-44(31)35(51)23(36(3,4)5)18-27(45)42-26(37(6,7)8)22-43-28(46)19-38(9,10)20-29(43)47/h1,14,23-26,30-31H,2,15-22H2,3-12H3,(H,40,50)(H,41,49)(H,42,45)/t23-,24+,25?,26-,30+,31+/m1/s1. The molecule has 6 atom stereocenters. The lowest BCUT2D eigenvalue weighted by Gasteiger charge is -2.40. The summed E-state index contributed by atoms with van der Waals surface area (Å²) >= 11 is 0. The predicted octanol–water partition coefficient (Wildman–Crippen LogP) is 3.00. The van der Waals surface area contributed by atoms with Crippen molar-refractivity contribution in [3.63, 3.8) is 0 Å². The molecular formula is C39H59N5O7. The van der Waals surface area contributed by atoms with E-state index in [1.807, 2.05) is 69.2 Å². The molecule has 12 nitrogen and oxygen atoms in total. The van der Waals surface area contributed by atoms with Crippen LogP contribution in [0, 0.1) is 51.8 Å². The molecule has 1 unspecified atom stereocenters. The highest BCUT2D eigenvalue weighted by Crippen LogP contribution is 2.65. The van der Waals surface area contributed by atoms with Gasteiger partial charge in [0.05, 0.1) is 18.0 Å². The highest BCUT2D eigenvalue weighted by molar-refractivity contribution is 6.38. The van der Waals surface area contributed by atoms with Gasteiger partial charge in [0.25, 0.3) is 5.91 Å². The summed E-state index contributed by atoms with van der Waals surface area (Å²) in [5, 5.41) is 8.21. The highest BCUT2D eigenvalue weighted by Gasteiger charge is 2.69. The molecule has 1 aliphatic carbocycles. The molecule has 6 amide bonds. The first-order chi connectivity index (χ1) is 23.4. The van der Waals surface area contributed by atoms with Gasteiger partial charge in [0, 0.05) is 45.3 Å². The van der Waals surface area contributed by atoms with Crippen LogP contribution in [0.1, 0.15) is 101 Å². The second-order valence-electron chi connectivity index (χ2n) is 18.1. The summed E-state index contributed by atoms with van der Waals surface area (Å²) in [6.45, 7) is 23.1. The van der Waals surface area contributed by atoms with Crippen molar-refractivity contribution in [2.45, 2.75) is 119 Å². The molecule has 3 fully saturated rings. The molecule has 0 aromatic carbocycles. The van der Waals surface area contributed by atoms with Crippen LogP contribution in [-0.4, -0.2) is 88.8 Å². The van der Waals surface area contributed by atoms with E-state index in [4.69, 9.17) is 6.42 Å². The fraction of sp³-hybridized carbons (Fsp3) is 0.718. The van der Waals surface area contributed by atoms with Crippen LogP contribution in [0.2, 0.25) is 0 Å².